The molecule has 0 radical (unpaired) electrons. The molecule has 0 saturated heterocycles. The van der Waals surface area contributed by atoms with Crippen molar-refractivity contribution in [1.82, 2.24) is 10.5 Å². The first-order valence-electron chi connectivity index (χ1n) is 7.71. The van der Waals surface area contributed by atoms with E-state index in [0.717, 1.165) is 28.0 Å². The molecule has 0 spiro atoms. The lowest BCUT2D eigenvalue weighted by Gasteiger charge is -2.12. The smallest absolute Gasteiger partial charge is 0.224 e. The molecular weight excluding hydrogens is 292 g/mol. The number of furan rings is 1. The first-order chi connectivity index (χ1) is 11.0. The maximum atomic E-state index is 12.2. The van der Waals surface area contributed by atoms with Gasteiger partial charge in [0, 0.05) is 23.4 Å². The fourth-order valence-electron chi connectivity index (χ4n) is 2.73. The van der Waals surface area contributed by atoms with Gasteiger partial charge in [0.2, 0.25) is 5.91 Å². The lowest BCUT2D eigenvalue weighted by molar-refractivity contribution is -0.121. The molecule has 0 aliphatic heterocycles. The van der Waals surface area contributed by atoms with E-state index in [2.05, 4.69) is 10.5 Å². The summed E-state index contributed by atoms with van der Waals surface area (Å²) in [7, 11) is 0. The molecule has 0 unspecified atom stereocenters. The van der Waals surface area contributed by atoms with Gasteiger partial charge in [0.15, 0.2) is 0 Å². The SMILES string of the molecule is Cc1noc(C)c1CC(=O)N[C@H](C)Cc1cc2ccccc2o1. The lowest BCUT2D eigenvalue weighted by Crippen LogP contribution is -2.35. The molecule has 0 bridgehead atoms. The minimum Gasteiger partial charge on any atom is -0.461 e. The van der Waals surface area contributed by atoms with Crippen molar-refractivity contribution in [2.24, 2.45) is 0 Å². The summed E-state index contributed by atoms with van der Waals surface area (Å²) < 4.78 is 10.9. The predicted molar refractivity (Wildman–Crippen MR) is 87.2 cm³/mol. The molecule has 2 heterocycles. The highest BCUT2D eigenvalue weighted by Crippen LogP contribution is 2.20. The molecule has 0 saturated carbocycles. The van der Waals surface area contributed by atoms with Gasteiger partial charge in [-0.25, -0.2) is 0 Å². The molecule has 23 heavy (non-hydrogen) atoms. The molecule has 1 atom stereocenters. The molecule has 5 heteroatoms. The quantitative estimate of drug-likeness (QED) is 0.784. The number of nitrogens with zero attached hydrogens (tertiary/aromatic N) is 1. The number of carbonyl (C=O) groups is 1. The van der Waals surface area contributed by atoms with Gasteiger partial charge in [-0.3, -0.25) is 4.79 Å². The van der Waals surface area contributed by atoms with E-state index in [-0.39, 0.29) is 18.4 Å². The Morgan fingerprint density at radius 1 is 1.30 bits per heavy atom. The number of amides is 1. The van der Waals surface area contributed by atoms with Crippen LogP contribution >= 0.6 is 0 Å². The van der Waals surface area contributed by atoms with Crippen LogP contribution in [0.15, 0.2) is 39.3 Å². The second-order valence-electron chi connectivity index (χ2n) is 5.90. The number of fused-ring (bicyclic) bond motifs is 1. The van der Waals surface area contributed by atoms with Crippen molar-refractivity contribution >= 4 is 16.9 Å². The highest BCUT2D eigenvalue weighted by molar-refractivity contribution is 5.79. The zero-order valence-corrected chi connectivity index (χ0v) is 13.6. The average molecular weight is 312 g/mol. The van der Waals surface area contributed by atoms with Gasteiger partial charge >= 0.3 is 0 Å². The number of para-hydroxylation sites is 1. The number of benzene rings is 1. The van der Waals surface area contributed by atoms with Gasteiger partial charge in [0.25, 0.3) is 0 Å². The third kappa shape index (κ3) is 3.44. The Balaban J connectivity index is 1.60. The topological polar surface area (TPSA) is 68.3 Å². The molecule has 0 aliphatic rings. The van der Waals surface area contributed by atoms with E-state index in [1.807, 2.05) is 51.1 Å². The maximum absolute atomic E-state index is 12.2. The van der Waals surface area contributed by atoms with Gasteiger partial charge in [-0.05, 0) is 32.9 Å². The third-order valence-corrected chi connectivity index (χ3v) is 3.91. The van der Waals surface area contributed by atoms with Crippen LogP contribution in [0.2, 0.25) is 0 Å². The Hall–Kier alpha value is -2.56. The third-order valence-electron chi connectivity index (χ3n) is 3.91. The van der Waals surface area contributed by atoms with Crippen molar-refractivity contribution < 1.29 is 13.7 Å². The van der Waals surface area contributed by atoms with Gasteiger partial charge < -0.3 is 14.3 Å². The molecule has 0 aliphatic carbocycles. The first kappa shape index (κ1) is 15.3. The van der Waals surface area contributed by atoms with E-state index in [0.29, 0.717) is 12.2 Å². The zero-order valence-electron chi connectivity index (χ0n) is 13.6. The Morgan fingerprint density at radius 3 is 2.78 bits per heavy atom. The van der Waals surface area contributed by atoms with Crippen molar-refractivity contribution in [1.29, 1.82) is 0 Å². The predicted octanol–water partition coefficient (Wildman–Crippen LogP) is 3.33. The summed E-state index contributed by atoms with van der Waals surface area (Å²) in [6.07, 6.45) is 0.938. The average Bonchev–Trinajstić information content (AvgIpc) is 3.04. The van der Waals surface area contributed by atoms with Crippen molar-refractivity contribution in [3.05, 3.63) is 53.1 Å². The Labute approximate surface area is 134 Å². The van der Waals surface area contributed by atoms with Crippen LogP contribution in [-0.4, -0.2) is 17.1 Å². The number of nitrogens with one attached hydrogen (secondary N) is 1. The van der Waals surface area contributed by atoms with E-state index in [1.54, 1.807) is 0 Å². The van der Waals surface area contributed by atoms with E-state index in [1.165, 1.54) is 0 Å². The number of hydrogen-bond donors (Lipinski definition) is 1. The number of rotatable bonds is 5. The van der Waals surface area contributed by atoms with Crippen molar-refractivity contribution in [2.75, 3.05) is 0 Å². The van der Waals surface area contributed by atoms with Gasteiger partial charge in [0.05, 0.1) is 12.1 Å². The summed E-state index contributed by atoms with van der Waals surface area (Å²) in [6.45, 7) is 5.63. The summed E-state index contributed by atoms with van der Waals surface area (Å²) in [4.78, 5) is 12.2. The molecule has 1 amide bonds. The standard InChI is InChI=1S/C18H20N2O3/c1-11(8-15-9-14-6-4-5-7-17(14)22-15)19-18(21)10-16-12(2)20-23-13(16)3/h4-7,9,11H,8,10H2,1-3H3,(H,19,21)/t11-/m1/s1. The summed E-state index contributed by atoms with van der Waals surface area (Å²) >= 11 is 0. The Kier molecular flexibility index (Phi) is 4.19. The molecule has 3 rings (SSSR count). The fourth-order valence-corrected chi connectivity index (χ4v) is 2.73. The number of aryl methyl sites for hydroxylation is 2. The molecule has 3 aromatic rings. The van der Waals surface area contributed by atoms with Crippen molar-refractivity contribution in [3.63, 3.8) is 0 Å². The van der Waals surface area contributed by atoms with Crippen LogP contribution in [0.3, 0.4) is 0 Å². The lowest BCUT2D eigenvalue weighted by atomic mass is 10.1. The molecule has 5 nitrogen and oxygen atoms in total. The van der Waals surface area contributed by atoms with Crippen LogP contribution in [0.1, 0.15) is 29.7 Å². The minimum atomic E-state index is -0.0389. The Morgan fingerprint density at radius 2 is 2.09 bits per heavy atom. The van der Waals surface area contributed by atoms with Crippen molar-refractivity contribution in [2.45, 2.75) is 39.7 Å². The van der Waals surface area contributed by atoms with E-state index in [9.17, 15) is 4.79 Å². The summed E-state index contributed by atoms with van der Waals surface area (Å²) in [5.74, 6) is 1.53. The van der Waals surface area contributed by atoms with E-state index in [4.69, 9.17) is 8.94 Å². The largest absolute Gasteiger partial charge is 0.461 e. The summed E-state index contributed by atoms with van der Waals surface area (Å²) in [5, 5.41) is 7.95. The van der Waals surface area contributed by atoms with Crippen LogP contribution < -0.4 is 5.32 Å². The second kappa shape index (κ2) is 6.28. The fraction of sp³-hybridized carbons (Fsp3) is 0.333. The number of carbonyl (C=O) groups excluding carboxylic acids is 1. The van der Waals surface area contributed by atoms with Gasteiger partial charge in [0.1, 0.15) is 17.1 Å². The molecule has 1 aromatic carbocycles. The normalized spacial score (nSPS) is 12.5. The molecule has 120 valence electrons. The van der Waals surface area contributed by atoms with E-state index >= 15 is 0 Å². The van der Waals surface area contributed by atoms with Crippen LogP contribution in [0, 0.1) is 13.8 Å². The van der Waals surface area contributed by atoms with Crippen LogP contribution in [-0.2, 0) is 17.6 Å². The van der Waals surface area contributed by atoms with Crippen molar-refractivity contribution in [3.8, 4) is 0 Å². The van der Waals surface area contributed by atoms with Crippen LogP contribution in [0.5, 0.6) is 0 Å². The molecular formula is C18H20N2O3. The van der Waals surface area contributed by atoms with E-state index < -0.39 is 0 Å². The van der Waals surface area contributed by atoms with Gasteiger partial charge in [-0.1, -0.05) is 23.4 Å². The summed E-state index contributed by atoms with van der Waals surface area (Å²) in [5.41, 5.74) is 2.50. The van der Waals surface area contributed by atoms with Gasteiger partial charge in [-0.2, -0.15) is 0 Å². The second-order valence-corrected chi connectivity index (χ2v) is 5.90. The number of hydrogen-bond acceptors (Lipinski definition) is 4. The first-order valence-corrected chi connectivity index (χ1v) is 7.71. The molecule has 1 N–H and O–H groups in total. The van der Waals surface area contributed by atoms with Crippen LogP contribution in [0.25, 0.3) is 11.0 Å². The monoisotopic (exact) mass is 312 g/mol. The highest BCUT2D eigenvalue weighted by atomic mass is 16.5. The molecule has 2 aromatic heterocycles. The maximum Gasteiger partial charge on any atom is 0.224 e. The zero-order chi connectivity index (χ0) is 16.4. The Bertz CT molecular complexity index is 779. The van der Waals surface area contributed by atoms with Crippen LogP contribution in [0.4, 0.5) is 0 Å². The molecule has 0 fully saturated rings. The minimum absolute atomic E-state index is 0.0106. The highest BCUT2D eigenvalue weighted by Gasteiger charge is 2.16. The summed E-state index contributed by atoms with van der Waals surface area (Å²) in [6, 6.07) is 9.90. The number of aromatic nitrogens is 1. The van der Waals surface area contributed by atoms with Gasteiger partial charge in [-0.15, -0.1) is 0 Å².